The van der Waals surface area contributed by atoms with E-state index in [1.807, 2.05) is 0 Å². The molecule has 0 radical (unpaired) electrons. The second-order valence-corrected chi connectivity index (χ2v) is 4.35. The number of hydrogen-bond acceptors (Lipinski definition) is 2. The van der Waals surface area contributed by atoms with Crippen molar-refractivity contribution in [3.63, 3.8) is 0 Å². The molecule has 70 valence electrons. The zero-order chi connectivity index (χ0) is 7.31. The Labute approximate surface area is 79.5 Å². The lowest BCUT2D eigenvalue weighted by molar-refractivity contribution is 0.0656. The van der Waals surface area contributed by atoms with Crippen LogP contribution in [0.1, 0.15) is 19.3 Å². The Morgan fingerprint density at radius 2 is 2.08 bits per heavy atom. The monoisotopic (exact) mass is 189 g/mol. The summed E-state index contributed by atoms with van der Waals surface area (Å²) < 4.78 is 5.48. The molecule has 2 saturated heterocycles. The number of ether oxygens (including phenoxy) is 1. The Morgan fingerprint density at radius 1 is 1.25 bits per heavy atom. The van der Waals surface area contributed by atoms with Crippen LogP contribution in [0.3, 0.4) is 0 Å². The molecule has 0 aromatic carbocycles. The molecule has 0 aromatic heterocycles. The summed E-state index contributed by atoms with van der Waals surface area (Å²) in [6, 6.07) is 0.704. The maximum absolute atomic E-state index is 5.48. The van der Waals surface area contributed by atoms with E-state index in [0.29, 0.717) is 11.5 Å². The third kappa shape index (κ3) is 0.949. The Hall–Kier alpha value is 0.210. The molecule has 2 aliphatic heterocycles. The van der Waals surface area contributed by atoms with Crippen molar-refractivity contribution in [3.05, 3.63) is 0 Å². The lowest BCUT2D eigenvalue weighted by atomic mass is 9.62. The van der Waals surface area contributed by atoms with E-state index in [9.17, 15) is 0 Å². The fourth-order valence-electron chi connectivity index (χ4n) is 3.00. The van der Waals surface area contributed by atoms with Crippen molar-refractivity contribution in [2.24, 2.45) is 11.3 Å². The van der Waals surface area contributed by atoms with Crippen LogP contribution in [0.2, 0.25) is 0 Å². The van der Waals surface area contributed by atoms with Gasteiger partial charge < -0.3 is 10.1 Å². The summed E-state index contributed by atoms with van der Waals surface area (Å²) in [6.07, 6.45) is 4.35. The molecule has 0 bridgehead atoms. The Balaban J connectivity index is 0.000000563. The van der Waals surface area contributed by atoms with Gasteiger partial charge in [0, 0.05) is 18.5 Å². The van der Waals surface area contributed by atoms with Crippen LogP contribution in [0.5, 0.6) is 0 Å². The maximum Gasteiger partial charge on any atom is 0.0623 e. The number of nitrogens with one attached hydrogen (secondary N) is 1. The first-order valence-corrected chi connectivity index (χ1v) is 4.72. The molecule has 0 amide bonds. The molecular formula is C9H16ClNO. The number of halogens is 1. The van der Waals surface area contributed by atoms with Crippen LogP contribution >= 0.6 is 12.4 Å². The van der Waals surface area contributed by atoms with Crippen molar-refractivity contribution < 1.29 is 4.74 Å². The first-order valence-electron chi connectivity index (χ1n) is 4.72. The minimum Gasteiger partial charge on any atom is -0.379 e. The summed E-state index contributed by atoms with van der Waals surface area (Å²) in [4.78, 5) is 0. The van der Waals surface area contributed by atoms with Crippen molar-refractivity contribution in [1.29, 1.82) is 0 Å². The molecule has 12 heavy (non-hydrogen) atoms. The topological polar surface area (TPSA) is 21.3 Å². The van der Waals surface area contributed by atoms with E-state index >= 15 is 0 Å². The minimum atomic E-state index is 0. The fourth-order valence-corrected chi connectivity index (χ4v) is 3.00. The Bertz CT molecular complexity index is 181. The Morgan fingerprint density at radius 3 is 2.75 bits per heavy atom. The second-order valence-electron chi connectivity index (χ2n) is 4.35. The molecule has 2 atom stereocenters. The molecule has 3 aliphatic rings. The van der Waals surface area contributed by atoms with Gasteiger partial charge >= 0.3 is 0 Å². The first-order chi connectivity index (χ1) is 5.41. The van der Waals surface area contributed by atoms with Crippen LogP contribution in [0, 0.1) is 11.3 Å². The van der Waals surface area contributed by atoms with E-state index in [0.717, 1.165) is 19.1 Å². The van der Waals surface area contributed by atoms with E-state index in [-0.39, 0.29) is 12.4 Å². The van der Waals surface area contributed by atoms with Crippen molar-refractivity contribution in [2.75, 3.05) is 19.8 Å². The van der Waals surface area contributed by atoms with Crippen LogP contribution in [0.25, 0.3) is 0 Å². The zero-order valence-corrected chi connectivity index (χ0v) is 8.03. The van der Waals surface area contributed by atoms with E-state index in [2.05, 4.69) is 5.32 Å². The lowest BCUT2D eigenvalue weighted by Gasteiger charge is -2.42. The molecular weight excluding hydrogens is 174 g/mol. The van der Waals surface area contributed by atoms with Gasteiger partial charge in [0.2, 0.25) is 0 Å². The fraction of sp³-hybridized carbons (Fsp3) is 1.00. The first kappa shape index (κ1) is 8.79. The van der Waals surface area contributed by atoms with Gasteiger partial charge in [-0.15, -0.1) is 12.4 Å². The average Bonchev–Trinajstić information content (AvgIpc) is 2.38. The summed E-state index contributed by atoms with van der Waals surface area (Å²) in [5.74, 6) is 0.858. The van der Waals surface area contributed by atoms with Gasteiger partial charge in [-0.3, -0.25) is 0 Å². The van der Waals surface area contributed by atoms with Gasteiger partial charge in [0.05, 0.1) is 13.2 Å². The summed E-state index contributed by atoms with van der Waals surface area (Å²) >= 11 is 0. The standard InChI is InChI=1S/C9H15NO.ClH/c1-2-9(3-1)6-10-8-5-11-4-7(8)9;/h7-8,10H,1-6H2;1H/t7-,8+;/m0./s1. The largest absolute Gasteiger partial charge is 0.379 e. The summed E-state index contributed by atoms with van der Waals surface area (Å²) in [5, 5.41) is 3.59. The molecule has 2 nitrogen and oxygen atoms in total. The van der Waals surface area contributed by atoms with E-state index < -0.39 is 0 Å². The van der Waals surface area contributed by atoms with Gasteiger partial charge in [-0.25, -0.2) is 0 Å². The maximum atomic E-state index is 5.48. The highest BCUT2D eigenvalue weighted by molar-refractivity contribution is 5.85. The van der Waals surface area contributed by atoms with E-state index in [4.69, 9.17) is 4.74 Å². The van der Waals surface area contributed by atoms with Crippen LogP contribution in [0.15, 0.2) is 0 Å². The van der Waals surface area contributed by atoms with Crippen LogP contribution in [0.4, 0.5) is 0 Å². The lowest BCUT2D eigenvalue weighted by Crippen LogP contribution is -2.38. The molecule has 1 N–H and O–H groups in total. The molecule has 1 aliphatic carbocycles. The minimum absolute atomic E-state index is 0. The van der Waals surface area contributed by atoms with Crippen molar-refractivity contribution in [3.8, 4) is 0 Å². The molecule has 3 fully saturated rings. The second kappa shape index (κ2) is 2.86. The highest BCUT2D eigenvalue weighted by atomic mass is 35.5. The highest BCUT2D eigenvalue weighted by Gasteiger charge is 2.53. The van der Waals surface area contributed by atoms with Crippen LogP contribution < -0.4 is 5.32 Å². The van der Waals surface area contributed by atoms with Crippen molar-refractivity contribution in [1.82, 2.24) is 5.32 Å². The highest BCUT2D eigenvalue weighted by Crippen LogP contribution is 2.52. The third-order valence-corrected chi connectivity index (χ3v) is 3.93. The van der Waals surface area contributed by atoms with E-state index in [1.54, 1.807) is 0 Å². The quantitative estimate of drug-likeness (QED) is 0.619. The van der Waals surface area contributed by atoms with Crippen LogP contribution in [-0.2, 0) is 4.74 Å². The zero-order valence-electron chi connectivity index (χ0n) is 7.21. The third-order valence-electron chi connectivity index (χ3n) is 3.93. The molecule has 0 aromatic rings. The van der Waals surface area contributed by atoms with Gasteiger partial charge in [0.1, 0.15) is 0 Å². The average molecular weight is 190 g/mol. The summed E-state index contributed by atoms with van der Waals surface area (Å²) in [5.41, 5.74) is 0.682. The predicted molar refractivity (Wildman–Crippen MR) is 49.6 cm³/mol. The summed E-state index contributed by atoms with van der Waals surface area (Å²) in [7, 11) is 0. The Kier molecular flexibility index (Phi) is 2.10. The van der Waals surface area contributed by atoms with Gasteiger partial charge in [-0.05, 0) is 18.3 Å². The van der Waals surface area contributed by atoms with Gasteiger partial charge in [0.15, 0.2) is 0 Å². The molecule has 2 heterocycles. The summed E-state index contributed by atoms with van der Waals surface area (Å²) in [6.45, 7) is 3.26. The predicted octanol–water partition coefficient (Wildman–Crippen LogP) is 1.20. The molecule has 1 saturated carbocycles. The molecule has 3 heteroatoms. The van der Waals surface area contributed by atoms with Gasteiger partial charge in [0.25, 0.3) is 0 Å². The molecule has 3 rings (SSSR count). The SMILES string of the molecule is C1CC2(C1)CN[C@@H]1COC[C@@H]12.Cl. The smallest absolute Gasteiger partial charge is 0.0623 e. The normalized spacial score (nSPS) is 42.0. The number of fused-ring (bicyclic) bond motifs is 2. The number of rotatable bonds is 0. The van der Waals surface area contributed by atoms with Crippen molar-refractivity contribution in [2.45, 2.75) is 25.3 Å². The number of hydrogen-bond donors (Lipinski definition) is 1. The molecule has 0 unspecified atom stereocenters. The van der Waals surface area contributed by atoms with Gasteiger partial charge in [-0.1, -0.05) is 6.42 Å². The van der Waals surface area contributed by atoms with Crippen LogP contribution in [-0.4, -0.2) is 25.8 Å². The van der Waals surface area contributed by atoms with Crippen molar-refractivity contribution >= 4 is 12.4 Å². The molecule has 1 spiro atoms. The van der Waals surface area contributed by atoms with Gasteiger partial charge in [-0.2, -0.15) is 0 Å². The van der Waals surface area contributed by atoms with E-state index in [1.165, 1.54) is 25.8 Å².